The Hall–Kier alpha value is -2.74. The molecule has 0 radical (unpaired) electrons. The molecule has 0 bridgehead atoms. The van der Waals surface area contributed by atoms with Gasteiger partial charge in [0, 0.05) is 20.3 Å². The van der Waals surface area contributed by atoms with Crippen molar-refractivity contribution in [3.05, 3.63) is 52.0 Å². The Morgan fingerprint density at radius 2 is 1.91 bits per heavy atom. The van der Waals surface area contributed by atoms with Gasteiger partial charge in [-0.2, -0.15) is 15.0 Å². The van der Waals surface area contributed by atoms with Crippen LogP contribution in [0.1, 0.15) is 5.82 Å². The topological polar surface area (TPSA) is 89.9 Å². The van der Waals surface area contributed by atoms with Gasteiger partial charge in [-0.05, 0) is 5.56 Å². The average molecular weight is 328 g/mol. The maximum atomic E-state index is 12.2. The summed E-state index contributed by atoms with van der Waals surface area (Å²) in [6.07, 6.45) is 1.82. The number of rotatable bonds is 4. The van der Waals surface area contributed by atoms with Crippen LogP contribution in [-0.2, 0) is 6.54 Å². The Labute approximate surface area is 137 Å². The average Bonchev–Trinajstić information content (AvgIpc) is 2.88. The van der Waals surface area contributed by atoms with Crippen LogP contribution >= 0.6 is 11.3 Å². The van der Waals surface area contributed by atoms with Crippen LogP contribution in [0.3, 0.4) is 0 Å². The normalized spacial score (nSPS) is 10.7. The molecule has 0 aliphatic heterocycles. The molecule has 0 aliphatic carbocycles. The van der Waals surface area contributed by atoms with E-state index in [0.29, 0.717) is 11.8 Å². The lowest BCUT2D eigenvalue weighted by Crippen LogP contribution is -2.19. The zero-order valence-corrected chi connectivity index (χ0v) is 13.6. The summed E-state index contributed by atoms with van der Waals surface area (Å²) in [5.74, 6) is 1.07. The van der Waals surface area contributed by atoms with Gasteiger partial charge in [-0.25, -0.2) is 0 Å². The van der Waals surface area contributed by atoms with E-state index in [2.05, 4.69) is 15.0 Å². The van der Waals surface area contributed by atoms with E-state index >= 15 is 0 Å². The second kappa shape index (κ2) is 6.17. The third-order valence-corrected chi connectivity index (χ3v) is 4.13. The fourth-order valence-corrected chi connectivity index (χ4v) is 2.92. The highest BCUT2D eigenvalue weighted by molar-refractivity contribution is 7.12. The van der Waals surface area contributed by atoms with Crippen LogP contribution in [-0.4, -0.2) is 33.6 Å². The number of benzene rings is 1. The van der Waals surface area contributed by atoms with Crippen molar-refractivity contribution >= 4 is 23.2 Å². The molecule has 2 heterocycles. The Morgan fingerprint density at radius 3 is 2.61 bits per heavy atom. The van der Waals surface area contributed by atoms with Crippen molar-refractivity contribution in [2.45, 2.75) is 6.54 Å². The highest BCUT2D eigenvalue weighted by Gasteiger charge is 2.10. The largest absolute Gasteiger partial charge is 0.368 e. The number of aromatic nitrogens is 4. The minimum Gasteiger partial charge on any atom is -0.368 e. The predicted octanol–water partition coefficient (Wildman–Crippen LogP) is 1.46. The first-order chi connectivity index (χ1) is 11.0. The number of nitrogens with zero attached hydrogens (tertiary/aromatic N) is 5. The maximum absolute atomic E-state index is 12.2. The van der Waals surface area contributed by atoms with Crippen LogP contribution in [0.25, 0.3) is 10.4 Å². The number of thiazole rings is 1. The molecule has 0 aliphatic rings. The van der Waals surface area contributed by atoms with Gasteiger partial charge in [0.2, 0.25) is 11.9 Å². The van der Waals surface area contributed by atoms with Gasteiger partial charge < -0.3 is 10.6 Å². The molecule has 0 fully saturated rings. The fourth-order valence-electron chi connectivity index (χ4n) is 2.07. The second-order valence-electron chi connectivity index (χ2n) is 5.16. The lowest BCUT2D eigenvalue weighted by atomic mass is 10.2. The molecule has 1 aromatic carbocycles. The Morgan fingerprint density at radius 1 is 1.17 bits per heavy atom. The lowest BCUT2D eigenvalue weighted by molar-refractivity contribution is 0.725. The smallest absolute Gasteiger partial charge is 0.308 e. The molecule has 2 N–H and O–H groups in total. The molecule has 3 aromatic rings. The molecule has 2 aromatic heterocycles. The van der Waals surface area contributed by atoms with E-state index in [1.807, 2.05) is 50.6 Å². The molecule has 0 saturated heterocycles. The zero-order valence-electron chi connectivity index (χ0n) is 12.8. The number of hydrogen-bond donors (Lipinski definition) is 1. The van der Waals surface area contributed by atoms with Crippen molar-refractivity contribution in [1.82, 2.24) is 19.5 Å². The van der Waals surface area contributed by atoms with Gasteiger partial charge in [-0.1, -0.05) is 41.7 Å². The van der Waals surface area contributed by atoms with Gasteiger partial charge in [0.25, 0.3) is 0 Å². The standard InChI is InChI=1S/C15H16N6OS/c1-20(2)14-18-12(17-13(16)19-14)9-21-8-11(23-15(21)22)10-6-4-3-5-7-10/h3-8H,9H2,1-2H3,(H2,16,17,18,19). The third kappa shape index (κ3) is 3.37. The van der Waals surface area contributed by atoms with Crippen molar-refractivity contribution in [1.29, 1.82) is 0 Å². The van der Waals surface area contributed by atoms with Crippen LogP contribution in [0.4, 0.5) is 11.9 Å². The summed E-state index contributed by atoms with van der Waals surface area (Å²) >= 11 is 1.20. The van der Waals surface area contributed by atoms with Crippen molar-refractivity contribution < 1.29 is 0 Å². The van der Waals surface area contributed by atoms with E-state index in [1.54, 1.807) is 9.47 Å². The third-order valence-electron chi connectivity index (χ3n) is 3.16. The van der Waals surface area contributed by atoms with Crippen LogP contribution in [0, 0.1) is 0 Å². The number of hydrogen-bond acceptors (Lipinski definition) is 7. The Balaban J connectivity index is 1.92. The van der Waals surface area contributed by atoms with Crippen molar-refractivity contribution in [3.8, 4) is 10.4 Å². The molecule has 23 heavy (non-hydrogen) atoms. The highest BCUT2D eigenvalue weighted by atomic mass is 32.1. The minimum absolute atomic E-state index is 0.0609. The molecule has 3 rings (SSSR count). The lowest BCUT2D eigenvalue weighted by Gasteiger charge is -2.11. The quantitative estimate of drug-likeness (QED) is 0.780. The predicted molar refractivity (Wildman–Crippen MR) is 91.7 cm³/mol. The minimum atomic E-state index is -0.0609. The molecule has 8 heteroatoms. The van der Waals surface area contributed by atoms with E-state index in [-0.39, 0.29) is 17.4 Å². The van der Waals surface area contributed by atoms with Crippen molar-refractivity contribution in [3.63, 3.8) is 0 Å². The summed E-state index contributed by atoms with van der Waals surface area (Å²) < 4.78 is 1.58. The summed E-state index contributed by atoms with van der Waals surface area (Å²) in [6, 6.07) is 9.78. The highest BCUT2D eigenvalue weighted by Crippen LogP contribution is 2.21. The Kier molecular flexibility index (Phi) is 4.07. The molecule has 118 valence electrons. The summed E-state index contributed by atoms with van der Waals surface area (Å²) in [6.45, 7) is 0.260. The molecule has 0 unspecified atom stereocenters. The summed E-state index contributed by atoms with van der Waals surface area (Å²) in [4.78, 5) is 27.3. The second-order valence-corrected chi connectivity index (χ2v) is 6.15. The van der Waals surface area contributed by atoms with E-state index < -0.39 is 0 Å². The van der Waals surface area contributed by atoms with Gasteiger partial charge >= 0.3 is 4.87 Å². The van der Waals surface area contributed by atoms with Gasteiger partial charge in [0.1, 0.15) is 0 Å². The number of anilines is 2. The van der Waals surface area contributed by atoms with E-state index in [4.69, 9.17) is 5.73 Å². The molecular weight excluding hydrogens is 312 g/mol. The van der Waals surface area contributed by atoms with Crippen LogP contribution in [0.5, 0.6) is 0 Å². The summed E-state index contributed by atoms with van der Waals surface area (Å²) in [5.41, 5.74) is 6.72. The van der Waals surface area contributed by atoms with E-state index in [1.165, 1.54) is 11.3 Å². The van der Waals surface area contributed by atoms with Crippen molar-refractivity contribution in [2.75, 3.05) is 24.7 Å². The first-order valence-corrected chi connectivity index (χ1v) is 7.78. The molecule has 0 spiro atoms. The van der Waals surface area contributed by atoms with Gasteiger partial charge in [0.15, 0.2) is 5.82 Å². The van der Waals surface area contributed by atoms with Crippen LogP contribution in [0.2, 0.25) is 0 Å². The SMILES string of the molecule is CN(C)c1nc(N)nc(Cn2cc(-c3ccccc3)sc2=O)n1. The van der Waals surface area contributed by atoms with E-state index in [0.717, 1.165) is 10.4 Å². The summed E-state index contributed by atoms with van der Waals surface area (Å²) in [7, 11) is 3.64. The number of nitrogens with two attached hydrogens (primary N) is 1. The van der Waals surface area contributed by atoms with E-state index in [9.17, 15) is 4.79 Å². The molecule has 0 atom stereocenters. The summed E-state index contributed by atoms with van der Waals surface area (Å²) in [5, 5.41) is 0. The molecular formula is C15H16N6OS. The van der Waals surface area contributed by atoms with Crippen LogP contribution in [0.15, 0.2) is 41.3 Å². The van der Waals surface area contributed by atoms with Gasteiger partial charge in [-0.15, -0.1) is 0 Å². The molecule has 7 nitrogen and oxygen atoms in total. The maximum Gasteiger partial charge on any atom is 0.308 e. The fraction of sp³-hybridized carbons (Fsp3) is 0.200. The zero-order chi connectivity index (χ0) is 16.4. The van der Waals surface area contributed by atoms with Gasteiger partial charge in [0.05, 0.1) is 11.4 Å². The van der Waals surface area contributed by atoms with Crippen LogP contribution < -0.4 is 15.5 Å². The number of nitrogen functional groups attached to an aromatic ring is 1. The molecule has 0 amide bonds. The monoisotopic (exact) mass is 328 g/mol. The Bertz CT molecular complexity index is 871. The first-order valence-electron chi connectivity index (χ1n) is 6.96. The molecule has 0 saturated carbocycles. The first kappa shape index (κ1) is 15.2. The van der Waals surface area contributed by atoms with Crippen molar-refractivity contribution in [2.24, 2.45) is 0 Å². The van der Waals surface area contributed by atoms with Gasteiger partial charge in [-0.3, -0.25) is 9.36 Å².